The molecular weight excluding hydrogens is 755 g/mol. The van der Waals surface area contributed by atoms with Crippen molar-refractivity contribution >= 4 is 22.1 Å². The fourth-order valence-electron chi connectivity index (χ4n) is 5.64. The second-order valence-corrected chi connectivity index (χ2v) is 12.4. The summed E-state index contributed by atoms with van der Waals surface area (Å²) < 4.78 is 6.28. The van der Waals surface area contributed by atoms with Crippen molar-refractivity contribution in [2.45, 2.75) is 60.3 Å². The summed E-state index contributed by atoms with van der Waals surface area (Å²) >= 11 is 0. The SMILES string of the molecule is Cc1c[c-]c(-c2cc(C)c(C)cn2)cc1.Cc1cnc(-c2[c-]ccc3c2oc2nc(CCc4ccccc4)ccc23)cc1C(C)C.[Ir]. The van der Waals surface area contributed by atoms with Gasteiger partial charge in [0.25, 0.3) is 0 Å². The minimum absolute atomic E-state index is 0. The van der Waals surface area contributed by atoms with Crippen molar-refractivity contribution in [1.29, 1.82) is 0 Å². The Kier molecular flexibility index (Phi) is 10.8. The average Bonchev–Trinajstić information content (AvgIpc) is 3.44. The van der Waals surface area contributed by atoms with E-state index in [1.807, 2.05) is 36.7 Å². The van der Waals surface area contributed by atoms with Gasteiger partial charge < -0.3 is 14.4 Å². The molecule has 4 aromatic heterocycles. The number of hydrogen-bond acceptors (Lipinski definition) is 4. The molecular formula is C42H39IrN3O-2. The first-order valence-corrected chi connectivity index (χ1v) is 15.9. The molecule has 0 aliphatic carbocycles. The Morgan fingerprint density at radius 2 is 1.49 bits per heavy atom. The second kappa shape index (κ2) is 15.0. The van der Waals surface area contributed by atoms with Gasteiger partial charge in [-0.1, -0.05) is 79.7 Å². The average molecular weight is 794 g/mol. The Morgan fingerprint density at radius 3 is 2.21 bits per heavy atom. The number of furan rings is 1. The minimum Gasteiger partial charge on any atom is -0.486 e. The third-order valence-corrected chi connectivity index (χ3v) is 8.51. The van der Waals surface area contributed by atoms with Crippen LogP contribution in [0.5, 0.6) is 0 Å². The fraction of sp³-hybridized carbons (Fsp3) is 0.214. The van der Waals surface area contributed by atoms with E-state index in [-0.39, 0.29) is 20.1 Å². The number of aryl methyl sites for hydroxylation is 6. The summed E-state index contributed by atoms with van der Waals surface area (Å²) in [4.78, 5) is 13.9. The van der Waals surface area contributed by atoms with Crippen LogP contribution in [-0.4, -0.2) is 15.0 Å². The van der Waals surface area contributed by atoms with Gasteiger partial charge >= 0.3 is 0 Å². The zero-order chi connectivity index (χ0) is 32.2. The van der Waals surface area contributed by atoms with E-state index < -0.39 is 0 Å². The summed E-state index contributed by atoms with van der Waals surface area (Å²) in [5.74, 6) is 0.436. The number of pyridine rings is 3. The normalized spacial score (nSPS) is 11.0. The number of aromatic nitrogens is 3. The number of rotatable bonds is 6. The molecule has 1 radical (unpaired) electrons. The van der Waals surface area contributed by atoms with Crippen molar-refractivity contribution in [3.05, 3.63) is 149 Å². The summed E-state index contributed by atoms with van der Waals surface area (Å²) in [6.45, 7) is 12.8. The first-order chi connectivity index (χ1) is 22.3. The van der Waals surface area contributed by atoms with E-state index in [4.69, 9.17) is 9.40 Å². The molecule has 4 nitrogen and oxygen atoms in total. The predicted molar refractivity (Wildman–Crippen MR) is 189 cm³/mol. The van der Waals surface area contributed by atoms with Crippen molar-refractivity contribution in [3.63, 3.8) is 0 Å². The maximum absolute atomic E-state index is 6.28. The molecule has 239 valence electrons. The van der Waals surface area contributed by atoms with E-state index in [1.54, 1.807) is 0 Å². The summed E-state index contributed by atoms with van der Waals surface area (Å²) in [5, 5.41) is 2.09. The molecule has 0 saturated heterocycles. The third kappa shape index (κ3) is 7.76. The fourth-order valence-corrected chi connectivity index (χ4v) is 5.64. The Labute approximate surface area is 291 Å². The third-order valence-electron chi connectivity index (χ3n) is 8.51. The standard InChI is InChI=1S/C28H25N2O.C14H14N.Ir/c1-18(2)25-16-26(29-17-19(25)3)24-11-7-10-22-23-15-14-21(30-28(23)31-27(22)24)13-12-20-8-5-4-6-9-20;1-10-4-6-13(7-5-10)14-8-11(2)12(3)9-15-14;/h4-10,14-18H,12-13H2,1-3H3;4-6,8-9H,1-3H3;/q2*-1;. The van der Waals surface area contributed by atoms with E-state index in [9.17, 15) is 0 Å². The van der Waals surface area contributed by atoms with E-state index >= 15 is 0 Å². The Hall–Kier alpha value is -4.44. The van der Waals surface area contributed by atoms with Crippen molar-refractivity contribution in [2.75, 3.05) is 0 Å². The van der Waals surface area contributed by atoms with Gasteiger partial charge in [0.2, 0.25) is 5.71 Å². The van der Waals surface area contributed by atoms with Crippen LogP contribution in [0.25, 0.3) is 44.6 Å². The number of fused-ring (bicyclic) bond motifs is 3. The smallest absolute Gasteiger partial charge is 0.216 e. The maximum Gasteiger partial charge on any atom is 0.216 e. The molecule has 0 atom stereocenters. The molecule has 3 aromatic carbocycles. The van der Waals surface area contributed by atoms with E-state index in [0.717, 1.165) is 57.4 Å². The van der Waals surface area contributed by atoms with Crippen LogP contribution in [-0.2, 0) is 32.9 Å². The topological polar surface area (TPSA) is 51.8 Å². The van der Waals surface area contributed by atoms with Gasteiger partial charge in [-0.2, -0.15) is 0 Å². The number of benzene rings is 3. The van der Waals surface area contributed by atoms with E-state index in [0.29, 0.717) is 11.6 Å². The molecule has 0 aliphatic heterocycles. The van der Waals surface area contributed by atoms with Crippen molar-refractivity contribution < 1.29 is 24.5 Å². The van der Waals surface area contributed by atoms with Gasteiger partial charge in [0.1, 0.15) is 0 Å². The van der Waals surface area contributed by atoms with E-state index in [2.05, 4.69) is 124 Å². The Balaban J connectivity index is 0.000000228. The Bertz CT molecular complexity index is 2120. The van der Waals surface area contributed by atoms with Crippen molar-refractivity contribution in [2.24, 2.45) is 0 Å². The largest absolute Gasteiger partial charge is 0.486 e. The summed E-state index contributed by atoms with van der Waals surface area (Å²) in [5.41, 5.74) is 13.9. The van der Waals surface area contributed by atoms with Crippen LogP contribution in [0.15, 0.2) is 102 Å². The molecule has 0 bridgehead atoms. The van der Waals surface area contributed by atoms with Crippen molar-refractivity contribution in [1.82, 2.24) is 15.0 Å². The van der Waals surface area contributed by atoms with Crippen LogP contribution in [0.2, 0.25) is 0 Å². The monoisotopic (exact) mass is 794 g/mol. The molecule has 7 aromatic rings. The molecule has 0 spiro atoms. The van der Waals surface area contributed by atoms with Gasteiger partial charge in [0.05, 0.1) is 5.58 Å². The van der Waals surface area contributed by atoms with Crippen LogP contribution in [0, 0.1) is 39.8 Å². The Morgan fingerprint density at radius 1 is 0.723 bits per heavy atom. The van der Waals surface area contributed by atoms with Crippen LogP contribution < -0.4 is 0 Å². The van der Waals surface area contributed by atoms with Crippen LogP contribution in [0.1, 0.15) is 58.8 Å². The van der Waals surface area contributed by atoms with Crippen molar-refractivity contribution in [3.8, 4) is 22.5 Å². The van der Waals surface area contributed by atoms with Crippen LogP contribution in [0.3, 0.4) is 0 Å². The van der Waals surface area contributed by atoms with Gasteiger partial charge in [0.15, 0.2) is 0 Å². The molecule has 4 heterocycles. The van der Waals surface area contributed by atoms with Gasteiger partial charge in [-0.25, -0.2) is 4.98 Å². The van der Waals surface area contributed by atoms with Gasteiger partial charge in [-0.05, 0) is 85.3 Å². The van der Waals surface area contributed by atoms with E-state index in [1.165, 1.54) is 33.4 Å². The number of nitrogens with zero attached hydrogens (tertiary/aromatic N) is 3. The molecule has 0 unspecified atom stereocenters. The zero-order valence-electron chi connectivity index (χ0n) is 27.8. The molecule has 5 heteroatoms. The second-order valence-electron chi connectivity index (χ2n) is 12.4. The van der Waals surface area contributed by atoms with Gasteiger partial charge in [-0.15, -0.1) is 53.6 Å². The first-order valence-electron chi connectivity index (χ1n) is 15.9. The predicted octanol–water partition coefficient (Wildman–Crippen LogP) is 10.5. The molecule has 47 heavy (non-hydrogen) atoms. The molecule has 0 amide bonds. The minimum atomic E-state index is 0. The zero-order valence-corrected chi connectivity index (χ0v) is 30.2. The van der Waals surface area contributed by atoms with Crippen LogP contribution >= 0.6 is 0 Å². The number of hydrogen-bond donors (Lipinski definition) is 0. The molecule has 0 aliphatic rings. The van der Waals surface area contributed by atoms with Crippen LogP contribution in [0.4, 0.5) is 0 Å². The van der Waals surface area contributed by atoms with Gasteiger partial charge in [-0.3, -0.25) is 0 Å². The first kappa shape index (κ1) is 33.9. The molecule has 0 fully saturated rings. The summed E-state index contributed by atoms with van der Waals surface area (Å²) in [7, 11) is 0. The van der Waals surface area contributed by atoms with Gasteiger partial charge in [0, 0.05) is 43.6 Å². The quantitative estimate of drug-likeness (QED) is 0.157. The molecule has 0 saturated carbocycles. The summed E-state index contributed by atoms with van der Waals surface area (Å²) in [6, 6.07) is 35.7. The molecule has 7 rings (SSSR count). The molecule has 0 N–H and O–H groups in total. The summed E-state index contributed by atoms with van der Waals surface area (Å²) in [6.07, 6.45) is 5.70. The maximum atomic E-state index is 6.28.